The predicted molar refractivity (Wildman–Crippen MR) is 47.6 cm³/mol. The van der Waals surface area contributed by atoms with E-state index in [1.165, 1.54) is 19.2 Å². The van der Waals surface area contributed by atoms with Gasteiger partial charge in [-0.1, -0.05) is 0 Å². The largest absolute Gasteiger partial charge is 0.508 e. The standard InChI is InChI=1S/C9H12FNO2/c1-13-9-4-6(12)2-3-7(9)8(11)5-10/h2-4,8,12H,5,11H2,1H3/t8-/m1/s1. The summed E-state index contributed by atoms with van der Waals surface area (Å²) in [6.45, 7) is -0.652. The molecule has 0 spiro atoms. The van der Waals surface area contributed by atoms with Crippen molar-refractivity contribution < 1.29 is 14.2 Å². The zero-order chi connectivity index (χ0) is 9.84. The third kappa shape index (κ3) is 2.09. The van der Waals surface area contributed by atoms with Gasteiger partial charge < -0.3 is 15.6 Å². The van der Waals surface area contributed by atoms with Crippen molar-refractivity contribution in [3.05, 3.63) is 23.8 Å². The molecular weight excluding hydrogens is 173 g/mol. The van der Waals surface area contributed by atoms with Crippen molar-refractivity contribution in [3.8, 4) is 11.5 Å². The van der Waals surface area contributed by atoms with Crippen molar-refractivity contribution in [3.63, 3.8) is 0 Å². The Labute approximate surface area is 75.9 Å². The van der Waals surface area contributed by atoms with E-state index in [1.54, 1.807) is 6.07 Å². The number of rotatable bonds is 3. The van der Waals surface area contributed by atoms with E-state index in [0.717, 1.165) is 0 Å². The van der Waals surface area contributed by atoms with Crippen molar-refractivity contribution in [1.29, 1.82) is 0 Å². The summed E-state index contributed by atoms with van der Waals surface area (Å²) in [4.78, 5) is 0. The number of halogens is 1. The molecule has 0 bridgehead atoms. The van der Waals surface area contributed by atoms with Gasteiger partial charge in [-0.05, 0) is 12.1 Å². The zero-order valence-corrected chi connectivity index (χ0v) is 7.33. The first kappa shape index (κ1) is 9.80. The van der Waals surface area contributed by atoms with Crippen LogP contribution in [0.25, 0.3) is 0 Å². The summed E-state index contributed by atoms with van der Waals surface area (Å²) in [5, 5.41) is 9.11. The summed E-state index contributed by atoms with van der Waals surface area (Å²) in [6, 6.07) is 3.71. The van der Waals surface area contributed by atoms with Gasteiger partial charge in [-0.3, -0.25) is 0 Å². The summed E-state index contributed by atoms with van der Waals surface area (Å²) >= 11 is 0. The molecular formula is C9H12FNO2. The number of benzene rings is 1. The summed E-state index contributed by atoms with van der Waals surface area (Å²) < 4.78 is 17.2. The molecule has 0 radical (unpaired) electrons. The lowest BCUT2D eigenvalue weighted by molar-refractivity contribution is 0.384. The van der Waals surface area contributed by atoms with Gasteiger partial charge in [-0.2, -0.15) is 0 Å². The van der Waals surface area contributed by atoms with Crippen LogP contribution in [0.2, 0.25) is 0 Å². The minimum Gasteiger partial charge on any atom is -0.508 e. The van der Waals surface area contributed by atoms with Crippen LogP contribution in [0.15, 0.2) is 18.2 Å². The van der Waals surface area contributed by atoms with E-state index in [-0.39, 0.29) is 5.75 Å². The van der Waals surface area contributed by atoms with Crippen LogP contribution in [-0.2, 0) is 0 Å². The third-order valence-corrected chi connectivity index (χ3v) is 1.78. The van der Waals surface area contributed by atoms with Gasteiger partial charge >= 0.3 is 0 Å². The van der Waals surface area contributed by atoms with Gasteiger partial charge in [-0.25, -0.2) is 4.39 Å². The number of phenolic OH excluding ortho intramolecular Hbond substituents is 1. The highest BCUT2D eigenvalue weighted by Crippen LogP contribution is 2.27. The second-order valence-corrected chi connectivity index (χ2v) is 2.69. The molecule has 3 nitrogen and oxygen atoms in total. The maximum absolute atomic E-state index is 12.2. The number of methoxy groups -OCH3 is 1. The van der Waals surface area contributed by atoms with Crippen LogP contribution in [-0.4, -0.2) is 18.9 Å². The van der Waals surface area contributed by atoms with Crippen molar-refractivity contribution >= 4 is 0 Å². The number of aromatic hydroxyl groups is 1. The Morgan fingerprint density at radius 3 is 2.85 bits per heavy atom. The molecule has 1 aromatic rings. The average molecular weight is 185 g/mol. The lowest BCUT2D eigenvalue weighted by atomic mass is 10.1. The van der Waals surface area contributed by atoms with Gasteiger partial charge in [0.05, 0.1) is 13.2 Å². The van der Waals surface area contributed by atoms with Gasteiger partial charge in [0.2, 0.25) is 0 Å². The maximum atomic E-state index is 12.2. The van der Waals surface area contributed by atoms with Crippen LogP contribution in [0, 0.1) is 0 Å². The molecule has 72 valence electrons. The summed E-state index contributed by atoms with van der Waals surface area (Å²) in [6.07, 6.45) is 0. The predicted octanol–water partition coefficient (Wildman–Crippen LogP) is 1.37. The first-order chi connectivity index (χ1) is 6.19. The number of ether oxygens (including phenoxy) is 1. The van der Waals surface area contributed by atoms with E-state index in [1.807, 2.05) is 0 Å². The fourth-order valence-electron chi connectivity index (χ4n) is 1.09. The topological polar surface area (TPSA) is 55.5 Å². The average Bonchev–Trinajstić information content (AvgIpc) is 2.16. The quantitative estimate of drug-likeness (QED) is 0.747. The van der Waals surface area contributed by atoms with E-state index in [9.17, 15) is 4.39 Å². The first-order valence-electron chi connectivity index (χ1n) is 3.87. The van der Waals surface area contributed by atoms with Gasteiger partial charge in [0.15, 0.2) is 0 Å². The molecule has 1 rings (SSSR count). The number of hydrogen-bond acceptors (Lipinski definition) is 3. The Morgan fingerprint density at radius 1 is 1.62 bits per heavy atom. The Bertz CT molecular complexity index is 291. The highest BCUT2D eigenvalue weighted by Gasteiger charge is 2.11. The summed E-state index contributed by atoms with van der Waals surface area (Å²) in [7, 11) is 1.45. The molecule has 4 heteroatoms. The first-order valence-corrected chi connectivity index (χ1v) is 3.87. The van der Waals surface area contributed by atoms with Gasteiger partial charge in [-0.15, -0.1) is 0 Å². The molecule has 0 aromatic heterocycles. The number of alkyl halides is 1. The molecule has 0 fully saturated rings. The SMILES string of the molecule is COc1cc(O)ccc1[C@H](N)CF. The van der Waals surface area contributed by atoms with Crippen LogP contribution < -0.4 is 10.5 Å². The third-order valence-electron chi connectivity index (χ3n) is 1.78. The van der Waals surface area contributed by atoms with Crippen molar-refractivity contribution in [1.82, 2.24) is 0 Å². The minimum absolute atomic E-state index is 0.0756. The number of phenols is 1. The monoisotopic (exact) mass is 185 g/mol. The van der Waals surface area contributed by atoms with E-state index in [2.05, 4.69) is 0 Å². The van der Waals surface area contributed by atoms with Gasteiger partial charge in [0.1, 0.15) is 18.2 Å². The molecule has 0 aliphatic rings. The van der Waals surface area contributed by atoms with E-state index >= 15 is 0 Å². The minimum atomic E-state index is -0.699. The highest BCUT2D eigenvalue weighted by atomic mass is 19.1. The highest BCUT2D eigenvalue weighted by molar-refractivity contribution is 5.41. The van der Waals surface area contributed by atoms with Crippen LogP contribution in [0.3, 0.4) is 0 Å². The normalized spacial score (nSPS) is 12.5. The molecule has 0 aliphatic carbocycles. The van der Waals surface area contributed by atoms with Crippen molar-refractivity contribution in [2.45, 2.75) is 6.04 Å². The number of nitrogens with two attached hydrogens (primary N) is 1. The summed E-state index contributed by atoms with van der Waals surface area (Å²) in [5.41, 5.74) is 6.04. The number of hydrogen-bond donors (Lipinski definition) is 2. The molecule has 0 aliphatic heterocycles. The second-order valence-electron chi connectivity index (χ2n) is 2.69. The molecule has 13 heavy (non-hydrogen) atoms. The van der Waals surface area contributed by atoms with Crippen LogP contribution in [0.4, 0.5) is 4.39 Å². The molecule has 0 unspecified atom stereocenters. The molecule has 3 N–H and O–H groups in total. The van der Waals surface area contributed by atoms with E-state index in [0.29, 0.717) is 11.3 Å². The molecule has 0 saturated heterocycles. The van der Waals surface area contributed by atoms with E-state index < -0.39 is 12.7 Å². The molecule has 0 heterocycles. The summed E-state index contributed by atoms with van der Waals surface area (Å²) in [5.74, 6) is 0.483. The Kier molecular flexibility index (Phi) is 3.08. The lowest BCUT2D eigenvalue weighted by Crippen LogP contribution is -2.13. The Hall–Kier alpha value is -1.29. The van der Waals surface area contributed by atoms with Crippen LogP contribution >= 0.6 is 0 Å². The van der Waals surface area contributed by atoms with Gasteiger partial charge in [0.25, 0.3) is 0 Å². The second kappa shape index (κ2) is 4.09. The molecule has 0 amide bonds. The van der Waals surface area contributed by atoms with Crippen LogP contribution in [0.5, 0.6) is 11.5 Å². The Morgan fingerprint density at radius 2 is 2.31 bits per heavy atom. The lowest BCUT2D eigenvalue weighted by Gasteiger charge is -2.12. The molecule has 1 atom stereocenters. The zero-order valence-electron chi connectivity index (χ0n) is 7.33. The molecule has 0 saturated carbocycles. The van der Waals surface area contributed by atoms with Gasteiger partial charge in [0, 0.05) is 11.6 Å². The molecule has 1 aromatic carbocycles. The van der Waals surface area contributed by atoms with Crippen molar-refractivity contribution in [2.75, 3.05) is 13.8 Å². The maximum Gasteiger partial charge on any atom is 0.127 e. The van der Waals surface area contributed by atoms with Crippen LogP contribution in [0.1, 0.15) is 11.6 Å². The fraction of sp³-hybridized carbons (Fsp3) is 0.333. The smallest absolute Gasteiger partial charge is 0.127 e. The van der Waals surface area contributed by atoms with E-state index in [4.69, 9.17) is 15.6 Å². The fourth-order valence-corrected chi connectivity index (χ4v) is 1.09. The Balaban J connectivity index is 3.05. The van der Waals surface area contributed by atoms with Crippen molar-refractivity contribution in [2.24, 2.45) is 5.73 Å².